The number of thiol groups is 1. The minimum Gasteiger partial charge on any atom is -0.461 e. The second-order valence-electron chi connectivity index (χ2n) is 7.44. The van der Waals surface area contributed by atoms with Gasteiger partial charge in [-0.25, -0.2) is 4.79 Å². The Hall–Kier alpha value is -2.26. The number of H-pyrrole nitrogens is 1. The zero-order chi connectivity index (χ0) is 26.1. The SMILES string of the molecule is CCC.Nc1n[nH]c(=S)s1.O=C(OCCN1CCN(CCCO[N+](=O)[O-])CC1)c1cccc(S)c1. The molecule has 1 fully saturated rings. The normalized spacial score (nSPS) is 13.6. The molecule has 2 heterocycles. The molecule has 11 nitrogen and oxygen atoms in total. The summed E-state index contributed by atoms with van der Waals surface area (Å²) in [6.45, 7) is 9.80. The summed E-state index contributed by atoms with van der Waals surface area (Å²) in [5.41, 5.74) is 5.70. The highest BCUT2D eigenvalue weighted by Crippen LogP contribution is 2.10. The van der Waals surface area contributed by atoms with E-state index in [4.69, 9.17) is 10.5 Å². The fourth-order valence-corrected chi connectivity index (χ4v) is 3.79. The molecule has 0 atom stereocenters. The molecule has 2 aromatic rings. The number of benzene rings is 1. The van der Waals surface area contributed by atoms with E-state index in [2.05, 4.69) is 63.5 Å². The molecule has 0 radical (unpaired) electrons. The number of carbonyl (C=O) groups is 1. The summed E-state index contributed by atoms with van der Waals surface area (Å²) < 4.78 is 5.93. The van der Waals surface area contributed by atoms with Crippen LogP contribution in [0.5, 0.6) is 0 Å². The number of hydrogen-bond acceptors (Lipinski definition) is 12. The van der Waals surface area contributed by atoms with Crippen molar-refractivity contribution in [1.82, 2.24) is 20.0 Å². The van der Waals surface area contributed by atoms with Gasteiger partial charge in [0.1, 0.15) is 6.61 Å². The van der Waals surface area contributed by atoms with E-state index in [1.807, 2.05) is 6.07 Å². The van der Waals surface area contributed by atoms with E-state index in [1.165, 1.54) is 17.8 Å². The monoisotopic (exact) mass is 546 g/mol. The topological polar surface area (TPSA) is 140 Å². The highest BCUT2D eigenvalue weighted by molar-refractivity contribution is 7.80. The van der Waals surface area contributed by atoms with Crippen LogP contribution in [0.25, 0.3) is 0 Å². The number of aromatic nitrogens is 2. The minimum atomic E-state index is -0.758. The first-order chi connectivity index (χ1) is 16.7. The molecular weight excluding hydrogens is 512 g/mol. The van der Waals surface area contributed by atoms with E-state index in [0.29, 0.717) is 34.2 Å². The predicted octanol–water partition coefficient (Wildman–Crippen LogP) is 3.55. The number of aromatic amines is 1. The van der Waals surface area contributed by atoms with Gasteiger partial charge in [-0.2, -0.15) is 0 Å². The molecule has 0 unspecified atom stereocenters. The summed E-state index contributed by atoms with van der Waals surface area (Å²) in [4.78, 5) is 31.5. The molecule has 0 spiro atoms. The van der Waals surface area contributed by atoms with Crippen LogP contribution in [0.2, 0.25) is 0 Å². The number of rotatable bonds is 9. The van der Waals surface area contributed by atoms with Crippen LogP contribution in [0.1, 0.15) is 37.0 Å². The molecule has 0 aliphatic carbocycles. The van der Waals surface area contributed by atoms with Crippen LogP contribution in [-0.4, -0.2) is 83.5 Å². The molecule has 3 rings (SSSR count). The quantitative estimate of drug-likeness (QED) is 0.107. The first-order valence-electron chi connectivity index (χ1n) is 11.2. The Balaban J connectivity index is 0.000000510. The van der Waals surface area contributed by atoms with Crippen molar-refractivity contribution in [3.05, 3.63) is 43.9 Å². The number of nitrogen functional groups attached to an aromatic ring is 1. The molecule has 1 aliphatic heterocycles. The molecule has 1 aromatic carbocycles. The maximum Gasteiger partial charge on any atom is 0.338 e. The van der Waals surface area contributed by atoms with Gasteiger partial charge in [0.15, 0.2) is 3.95 Å². The highest BCUT2D eigenvalue weighted by atomic mass is 32.1. The number of hydrogen-bond donors (Lipinski definition) is 3. The van der Waals surface area contributed by atoms with Crippen LogP contribution in [0.4, 0.5) is 5.13 Å². The van der Waals surface area contributed by atoms with Crippen LogP contribution in [0, 0.1) is 14.1 Å². The van der Waals surface area contributed by atoms with Crippen molar-refractivity contribution in [3.8, 4) is 0 Å². The minimum absolute atomic E-state index is 0.136. The lowest BCUT2D eigenvalue weighted by Gasteiger charge is -2.34. The molecule has 0 bridgehead atoms. The first kappa shape index (κ1) is 30.8. The van der Waals surface area contributed by atoms with Gasteiger partial charge in [0.25, 0.3) is 5.09 Å². The standard InChI is InChI=1S/C16H23N3O5S.C3H8.C2H3N3S2/c20-16(14-3-1-4-15(25)13-14)23-12-10-18-8-6-17(7-9-18)5-2-11-24-19(21)22;1-3-2;3-1-4-5-2(6)7-1/h1,3-4,13,25H,2,5-12H2;3H2,1-2H3;(H2,3,4)(H,5,6). The molecular formula is C21H34N6O5S3. The summed E-state index contributed by atoms with van der Waals surface area (Å²) >= 11 is 10.1. The second-order valence-corrected chi connectivity index (χ2v) is 9.65. The summed E-state index contributed by atoms with van der Waals surface area (Å²) in [7, 11) is 0. The molecule has 3 N–H and O–H groups in total. The third-order valence-electron chi connectivity index (χ3n) is 4.46. The predicted molar refractivity (Wildman–Crippen MR) is 142 cm³/mol. The number of esters is 1. The van der Waals surface area contributed by atoms with Crippen molar-refractivity contribution in [3.63, 3.8) is 0 Å². The van der Waals surface area contributed by atoms with Gasteiger partial charge in [-0.3, -0.25) is 10.00 Å². The Labute approximate surface area is 220 Å². The second kappa shape index (κ2) is 18.1. The van der Waals surface area contributed by atoms with Crippen molar-refractivity contribution in [2.75, 3.05) is 58.2 Å². The Morgan fingerprint density at radius 2 is 1.89 bits per heavy atom. The Morgan fingerprint density at radius 1 is 1.26 bits per heavy atom. The molecule has 1 aromatic heterocycles. The van der Waals surface area contributed by atoms with E-state index in [0.717, 1.165) is 37.6 Å². The Kier molecular flexibility index (Phi) is 15.9. The van der Waals surface area contributed by atoms with Crippen molar-refractivity contribution in [2.24, 2.45) is 0 Å². The van der Waals surface area contributed by atoms with Crippen molar-refractivity contribution in [2.45, 2.75) is 31.6 Å². The number of nitrogens with zero attached hydrogens (tertiary/aromatic N) is 4. The summed E-state index contributed by atoms with van der Waals surface area (Å²) in [6, 6.07) is 6.98. The maximum absolute atomic E-state index is 11.9. The van der Waals surface area contributed by atoms with Crippen molar-refractivity contribution < 1.29 is 19.5 Å². The number of carbonyl (C=O) groups excluding carboxylic acids is 1. The third kappa shape index (κ3) is 14.7. The van der Waals surface area contributed by atoms with E-state index < -0.39 is 5.09 Å². The number of nitrogens with one attached hydrogen (secondary N) is 1. The molecule has 1 aliphatic rings. The molecule has 14 heteroatoms. The van der Waals surface area contributed by atoms with E-state index in [1.54, 1.807) is 18.2 Å². The van der Waals surface area contributed by atoms with Crippen LogP contribution >= 0.6 is 36.2 Å². The van der Waals surface area contributed by atoms with Crippen LogP contribution in [-0.2, 0) is 9.57 Å². The molecule has 0 saturated carbocycles. The van der Waals surface area contributed by atoms with Gasteiger partial charge >= 0.3 is 5.97 Å². The lowest BCUT2D eigenvalue weighted by molar-refractivity contribution is -0.757. The zero-order valence-electron chi connectivity index (χ0n) is 20.1. The van der Waals surface area contributed by atoms with Crippen molar-refractivity contribution in [1.29, 1.82) is 0 Å². The van der Waals surface area contributed by atoms with Gasteiger partial charge in [0, 0.05) is 44.2 Å². The fraction of sp³-hybridized carbons (Fsp3) is 0.571. The van der Waals surface area contributed by atoms with Gasteiger partial charge in [-0.05, 0) is 36.8 Å². The summed E-state index contributed by atoms with van der Waals surface area (Å²) in [6.07, 6.45) is 1.89. The van der Waals surface area contributed by atoms with Crippen LogP contribution in [0.15, 0.2) is 29.2 Å². The number of anilines is 1. The lowest BCUT2D eigenvalue weighted by Crippen LogP contribution is -2.47. The van der Waals surface area contributed by atoms with Gasteiger partial charge in [0.05, 0.1) is 12.2 Å². The molecule has 1 saturated heterocycles. The Bertz CT molecular complexity index is 934. The number of piperazine rings is 1. The lowest BCUT2D eigenvalue weighted by atomic mass is 10.2. The summed E-state index contributed by atoms with van der Waals surface area (Å²) in [5, 5.41) is 15.9. The van der Waals surface area contributed by atoms with E-state index >= 15 is 0 Å². The average molecular weight is 547 g/mol. The van der Waals surface area contributed by atoms with Gasteiger partial charge < -0.3 is 20.2 Å². The van der Waals surface area contributed by atoms with E-state index in [-0.39, 0.29) is 12.6 Å². The molecule has 0 amide bonds. The van der Waals surface area contributed by atoms with Gasteiger partial charge in [-0.1, -0.05) is 37.7 Å². The van der Waals surface area contributed by atoms with Crippen LogP contribution in [0.3, 0.4) is 0 Å². The van der Waals surface area contributed by atoms with Crippen LogP contribution < -0.4 is 5.73 Å². The Morgan fingerprint density at radius 3 is 2.37 bits per heavy atom. The zero-order valence-corrected chi connectivity index (χ0v) is 22.6. The number of ether oxygens (including phenoxy) is 1. The smallest absolute Gasteiger partial charge is 0.338 e. The molecule has 35 heavy (non-hydrogen) atoms. The fourth-order valence-electron chi connectivity index (χ4n) is 2.89. The maximum atomic E-state index is 11.9. The number of nitrogens with two attached hydrogens (primary N) is 1. The summed E-state index contributed by atoms with van der Waals surface area (Å²) in [5.74, 6) is -0.333. The highest BCUT2D eigenvalue weighted by Gasteiger charge is 2.17. The largest absolute Gasteiger partial charge is 0.461 e. The first-order valence-corrected chi connectivity index (χ1v) is 12.9. The van der Waals surface area contributed by atoms with Gasteiger partial charge in [-0.15, -0.1) is 27.8 Å². The van der Waals surface area contributed by atoms with E-state index in [9.17, 15) is 14.9 Å². The molecule has 196 valence electrons. The third-order valence-corrected chi connectivity index (χ3v) is 5.65. The van der Waals surface area contributed by atoms with Crippen molar-refractivity contribution >= 4 is 47.3 Å². The average Bonchev–Trinajstić information content (AvgIpc) is 3.21. The van der Waals surface area contributed by atoms with Gasteiger partial charge in [0.2, 0.25) is 5.13 Å².